The molecule has 3 rings (SSSR count). The molecule has 0 amide bonds. The van der Waals surface area contributed by atoms with E-state index in [1.807, 2.05) is 25.1 Å². The van der Waals surface area contributed by atoms with Crippen molar-refractivity contribution in [2.75, 3.05) is 11.9 Å². The van der Waals surface area contributed by atoms with Gasteiger partial charge in [0.25, 0.3) is 0 Å². The summed E-state index contributed by atoms with van der Waals surface area (Å²) in [4.78, 5) is 0. The molecule has 4 nitrogen and oxygen atoms in total. The van der Waals surface area contributed by atoms with Gasteiger partial charge in [-0.05, 0) is 65.3 Å². The Bertz CT molecular complexity index is 855. The van der Waals surface area contributed by atoms with E-state index < -0.39 is 5.60 Å². The molecule has 0 saturated heterocycles. The second kappa shape index (κ2) is 9.67. The predicted molar refractivity (Wildman–Crippen MR) is 123 cm³/mol. The van der Waals surface area contributed by atoms with Crippen molar-refractivity contribution in [2.24, 2.45) is 0 Å². The lowest BCUT2D eigenvalue weighted by atomic mass is 9.87. The van der Waals surface area contributed by atoms with Crippen molar-refractivity contribution >= 4 is 5.69 Å². The van der Waals surface area contributed by atoms with Gasteiger partial charge in [0.05, 0.1) is 12.7 Å². The van der Waals surface area contributed by atoms with Crippen molar-refractivity contribution in [3.8, 4) is 5.75 Å². The van der Waals surface area contributed by atoms with Gasteiger partial charge < -0.3 is 19.5 Å². The Morgan fingerprint density at radius 3 is 2.53 bits per heavy atom. The van der Waals surface area contributed by atoms with Crippen LogP contribution in [-0.2, 0) is 16.0 Å². The van der Waals surface area contributed by atoms with Crippen molar-refractivity contribution in [1.82, 2.24) is 0 Å². The molecule has 0 spiro atoms. The average molecular weight is 410 g/mol. The Hall–Kier alpha value is -2.30. The van der Waals surface area contributed by atoms with Crippen LogP contribution in [0.1, 0.15) is 57.4 Å². The molecule has 2 atom stereocenters. The summed E-state index contributed by atoms with van der Waals surface area (Å²) in [6, 6.07) is 14.8. The second-order valence-corrected chi connectivity index (χ2v) is 8.73. The topological polar surface area (TPSA) is 39.7 Å². The molecule has 0 aliphatic carbocycles. The van der Waals surface area contributed by atoms with Crippen molar-refractivity contribution in [2.45, 2.75) is 72.0 Å². The van der Waals surface area contributed by atoms with E-state index in [2.05, 4.69) is 76.3 Å². The molecule has 1 aliphatic rings. The molecule has 0 fully saturated rings. The predicted octanol–water partition coefficient (Wildman–Crippen LogP) is 6.21. The molecule has 0 aromatic heterocycles. The van der Waals surface area contributed by atoms with Crippen LogP contribution in [0.5, 0.6) is 5.75 Å². The minimum Gasteiger partial charge on any atom is -0.485 e. The highest BCUT2D eigenvalue weighted by Gasteiger charge is 2.45. The molecular formula is C26H35NO3. The number of benzene rings is 2. The Kier molecular flexibility index (Phi) is 7.22. The number of hydrogen-bond acceptors (Lipinski definition) is 4. The fraction of sp³-hybridized carbons (Fsp3) is 0.462. The quantitative estimate of drug-likeness (QED) is 0.527. The summed E-state index contributed by atoms with van der Waals surface area (Å²) in [7, 11) is 0. The smallest absolute Gasteiger partial charge is 0.132 e. The van der Waals surface area contributed by atoms with Crippen LogP contribution in [0.15, 0.2) is 54.6 Å². The molecule has 2 aromatic rings. The van der Waals surface area contributed by atoms with Gasteiger partial charge in [0.15, 0.2) is 0 Å². The number of ether oxygens (including phenoxy) is 3. The number of allylic oxidation sites excluding steroid dienone is 1. The largest absolute Gasteiger partial charge is 0.485 e. The van der Waals surface area contributed by atoms with Gasteiger partial charge in [0, 0.05) is 17.8 Å². The molecule has 0 radical (unpaired) electrons. The Morgan fingerprint density at radius 1 is 1.13 bits per heavy atom. The van der Waals surface area contributed by atoms with E-state index in [-0.39, 0.29) is 18.3 Å². The van der Waals surface area contributed by atoms with Crippen LogP contribution in [0.3, 0.4) is 0 Å². The monoisotopic (exact) mass is 409 g/mol. The van der Waals surface area contributed by atoms with Crippen LogP contribution >= 0.6 is 0 Å². The summed E-state index contributed by atoms with van der Waals surface area (Å²) in [5.41, 5.74) is 4.10. The summed E-state index contributed by atoms with van der Waals surface area (Å²) in [6.07, 6.45) is 3.67. The molecule has 1 aliphatic heterocycles. The number of hydrogen-bond donors (Lipinski definition) is 1. The van der Waals surface area contributed by atoms with Gasteiger partial charge in [0.1, 0.15) is 23.6 Å². The van der Waals surface area contributed by atoms with E-state index in [0.29, 0.717) is 6.61 Å². The van der Waals surface area contributed by atoms with Crippen molar-refractivity contribution in [3.63, 3.8) is 0 Å². The van der Waals surface area contributed by atoms with E-state index in [1.54, 1.807) is 0 Å². The third-order valence-corrected chi connectivity index (χ3v) is 5.29. The molecule has 30 heavy (non-hydrogen) atoms. The molecule has 2 unspecified atom stereocenters. The third kappa shape index (κ3) is 5.44. The Labute approximate surface area is 181 Å². The molecule has 0 saturated carbocycles. The first-order chi connectivity index (χ1) is 14.3. The van der Waals surface area contributed by atoms with E-state index >= 15 is 0 Å². The van der Waals surface area contributed by atoms with Crippen LogP contribution < -0.4 is 10.1 Å². The van der Waals surface area contributed by atoms with Crippen LogP contribution in [0, 0.1) is 6.92 Å². The third-order valence-electron chi connectivity index (χ3n) is 5.29. The number of nitrogens with one attached hydrogen (secondary N) is 1. The summed E-state index contributed by atoms with van der Waals surface area (Å²) < 4.78 is 19.0. The molecule has 1 heterocycles. The van der Waals surface area contributed by atoms with Crippen molar-refractivity contribution in [3.05, 3.63) is 71.3 Å². The maximum absolute atomic E-state index is 6.37. The van der Waals surface area contributed by atoms with Gasteiger partial charge in [0.2, 0.25) is 0 Å². The SMILES string of the molecule is C/C=C/COC1C(OC(C)C)c2cc(NCc3ccc(C)cc3)ccc2OC1(C)C. The normalized spacial score (nSPS) is 20.2. The molecule has 0 bridgehead atoms. The number of anilines is 1. The Morgan fingerprint density at radius 2 is 1.87 bits per heavy atom. The Balaban J connectivity index is 1.86. The minimum absolute atomic E-state index is 0.0775. The molecule has 4 heteroatoms. The lowest BCUT2D eigenvalue weighted by Crippen LogP contribution is -2.51. The average Bonchev–Trinajstić information content (AvgIpc) is 2.69. The van der Waals surface area contributed by atoms with E-state index in [1.165, 1.54) is 11.1 Å². The highest BCUT2D eigenvalue weighted by molar-refractivity contribution is 5.54. The highest BCUT2D eigenvalue weighted by Crippen LogP contribution is 2.44. The summed E-state index contributed by atoms with van der Waals surface area (Å²) in [6.45, 7) is 13.7. The zero-order valence-corrected chi connectivity index (χ0v) is 19.1. The van der Waals surface area contributed by atoms with E-state index in [0.717, 1.165) is 23.5 Å². The summed E-state index contributed by atoms with van der Waals surface area (Å²) in [5, 5.41) is 3.53. The first kappa shape index (κ1) is 22.4. The fourth-order valence-electron chi connectivity index (χ4n) is 3.73. The molecule has 2 aromatic carbocycles. The van der Waals surface area contributed by atoms with Gasteiger partial charge in [-0.25, -0.2) is 0 Å². The number of fused-ring (bicyclic) bond motifs is 1. The van der Waals surface area contributed by atoms with Crippen LogP contribution in [0.2, 0.25) is 0 Å². The van der Waals surface area contributed by atoms with Crippen LogP contribution in [0.25, 0.3) is 0 Å². The number of rotatable bonds is 8. The lowest BCUT2D eigenvalue weighted by Gasteiger charge is -2.44. The maximum Gasteiger partial charge on any atom is 0.132 e. The standard InChI is InChI=1S/C26H35NO3/c1-7-8-15-28-25-24(29-18(2)3)22-16-21(13-14-23(22)30-26(25,5)6)27-17-20-11-9-19(4)10-12-20/h7-14,16,18,24-25,27H,15,17H2,1-6H3/b8-7+. The van der Waals surface area contributed by atoms with Crippen molar-refractivity contribution < 1.29 is 14.2 Å². The first-order valence-corrected chi connectivity index (χ1v) is 10.8. The highest BCUT2D eigenvalue weighted by atomic mass is 16.6. The maximum atomic E-state index is 6.37. The summed E-state index contributed by atoms with van der Waals surface area (Å²) in [5.74, 6) is 0.859. The fourth-order valence-corrected chi connectivity index (χ4v) is 3.73. The minimum atomic E-state index is -0.495. The van der Waals surface area contributed by atoms with Crippen LogP contribution in [0.4, 0.5) is 5.69 Å². The van der Waals surface area contributed by atoms with Crippen LogP contribution in [-0.4, -0.2) is 24.4 Å². The number of aryl methyl sites for hydroxylation is 1. The molecular weight excluding hydrogens is 374 g/mol. The lowest BCUT2D eigenvalue weighted by molar-refractivity contribution is -0.168. The van der Waals surface area contributed by atoms with Gasteiger partial charge in [-0.2, -0.15) is 0 Å². The van der Waals surface area contributed by atoms with Gasteiger partial charge in [-0.15, -0.1) is 0 Å². The van der Waals surface area contributed by atoms with E-state index in [4.69, 9.17) is 14.2 Å². The van der Waals surface area contributed by atoms with E-state index in [9.17, 15) is 0 Å². The second-order valence-electron chi connectivity index (χ2n) is 8.73. The zero-order valence-electron chi connectivity index (χ0n) is 19.1. The van der Waals surface area contributed by atoms with Crippen molar-refractivity contribution in [1.29, 1.82) is 0 Å². The molecule has 1 N–H and O–H groups in total. The first-order valence-electron chi connectivity index (χ1n) is 10.8. The van der Waals surface area contributed by atoms with Gasteiger partial charge in [-0.3, -0.25) is 0 Å². The summed E-state index contributed by atoms with van der Waals surface area (Å²) >= 11 is 0. The van der Waals surface area contributed by atoms with Gasteiger partial charge in [-0.1, -0.05) is 42.0 Å². The zero-order chi connectivity index (χ0) is 21.7. The molecule has 162 valence electrons. The van der Waals surface area contributed by atoms with Gasteiger partial charge >= 0.3 is 0 Å².